The number of rotatable bonds is 6. The largest absolute Gasteiger partial charge is 0.481 e. The molecule has 2 rings (SSSR count). The highest BCUT2D eigenvalue weighted by Gasteiger charge is 2.26. The van der Waals surface area contributed by atoms with Crippen LogP contribution in [0.25, 0.3) is 0 Å². The van der Waals surface area contributed by atoms with Crippen LogP contribution in [0, 0.1) is 11.6 Å². The fourth-order valence-corrected chi connectivity index (χ4v) is 2.29. The summed E-state index contributed by atoms with van der Waals surface area (Å²) in [6, 6.07) is 8.19. The number of likely N-dealkylation sites (N-methyl/N-ethyl adjacent to an activating group) is 1. The quantitative estimate of drug-likeness (QED) is 0.807. The number of ether oxygens (including phenoxy) is 1. The number of benzene rings is 2. The molecule has 5 nitrogen and oxygen atoms in total. The molecule has 2 unspecified atom stereocenters. The first-order chi connectivity index (χ1) is 12.3. The standard InChI is InChI=1S/C18H17ClF2N2O3/c1-10(26-13-6-4-12(19)5-7-13)17(24)23-16(18(25)22-2)11-3-8-14(20)15(21)9-11/h3-10,16H,1-2H3,(H,22,25)(H,23,24). The molecule has 0 spiro atoms. The molecule has 0 saturated heterocycles. The van der Waals surface area contributed by atoms with Crippen LogP contribution in [0.2, 0.25) is 5.02 Å². The molecule has 0 saturated carbocycles. The van der Waals surface area contributed by atoms with E-state index in [1.54, 1.807) is 24.3 Å². The van der Waals surface area contributed by atoms with E-state index in [-0.39, 0.29) is 5.56 Å². The van der Waals surface area contributed by atoms with Gasteiger partial charge in [0.15, 0.2) is 17.7 Å². The van der Waals surface area contributed by atoms with Crippen LogP contribution in [0.15, 0.2) is 42.5 Å². The first-order valence-corrected chi connectivity index (χ1v) is 8.08. The number of nitrogens with one attached hydrogen (secondary N) is 2. The van der Waals surface area contributed by atoms with Crippen molar-refractivity contribution in [3.8, 4) is 5.75 Å². The Hall–Kier alpha value is -2.67. The van der Waals surface area contributed by atoms with Crippen LogP contribution in [0.3, 0.4) is 0 Å². The van der Waals surface area contributed by atoms with E-state index >= 15 is 0 Å². The van der Waals surface area contributed by atoms with Crippen LogP contribution in [0.1, 0.15) is 18.5 Å². The summed E-state index contributed by atoms with van der Waals surface area (Å²) in [7, 11) is 1.37. The number of hydrogen-bond donors (Lipinski definition) is 2. The van der Waals surface area contributed by atoms with Crippen molar-refractivity contribution >= 4 is 23.4 Å². The smallest absolute Gasteiger partial charge is 0.261 e. The molecule has 0 heterocycles. The molecule has 0 aliphatic rings. The number of carbonyl (C=O) groups excluding carboxylic acids is 2. The van der Waals surface area contributed by atoms with Crippen molar-refractivity contribution in [2.75, 3.05) is 7.05 Å². The Bertz CT molecular complexity index is 800. The van der Waals surface area contributed by atoms with Gasteiger partial charge in [0.1, 0.15) is 11.8 Å². The van der Waals surface area contributed by atoms with Crippen LogP contribution >= 0.6 is 11.6 Å². The summed E-state index contributed by atoms with van der Waals surface area (Å²) in [5, 5.41) is 5.36. The Labute approximate surface area is 154 Å². The Morgan fingerprint density at radius 2 is 1.69 bits per heavy atom. The van der Waals surface area contributed by atoms with Gasteiger partial charge in [-0.2, -0.15) is 0 Å². The predicted octanol–water partition coefficient (Wildman–Crippen LogP) is 2.99. The van der Waals surface area contributed by atoms with Gasteiger partial charge in [0, 0.05) is 12.1 Å². The SMILES string of the molecule is CNC(=O)C(NC(=O)C(C)Oc1ccc(Cl)cc1)c1ccc(F)c(F)c1. The Balaban J connectivity index is 2.13. The maximum Gasteiger partial charge on any atom is 0.261 e. The van der Waals surface area contributed by atoms with Crippen LogP contribution in [-0.2, 0) is 9.59 Å². The van der Waals surface area contributed by atoms with E-state index < -0.39 is 35.6 Å². The summed E-state index contributed by atoms with van der Waals surface area (Å²) < 4.78 is 32.1. The topological polar surface area (TPSA) is 67.4 Å². The molecule has 0 fully saturated rings. The monoisotopic (exact) mass is 382 g/mol. The maximum atomic E-state index is 13.5. The van der Waals surface area contributed by atoms with Crippen LogP contribution < -0.4 is 15.4 Å². The minimum absolute atomic E-state index is 0.107. The molecule has 2 aromatic carbocycles. The summed E-state index contributed by atoms with van der Waals surface area (Å²) >= 11 is 5.79. The van der Waals surface area contributed by atoms with Gasteiger partial charge < -0.3 is 15.4 Å². The zero-order valence-electron chi connectivity index (χ0n) is 14.1. The lowest BCUT2D eigenvalue weighted by atomic mass is 10.1. The van der Waals surface area contributed by atoms with Gasteiger partial charge in [-0.1, -0.05) is 17.7 Å². The van der Waals surface area contributed by atoms with Crippen LogP contribution in [0.4, 0.5) is 8.78 Å². The van der Waals surface area contributed by atoms with Gasteiger partial charge in [-0.25, -0.2) is 8.78 Å². The van der Waals surface area contributed by atoms with E-state index in [0.29, 0.717) is 10.8 Å². The average Bonchev–Trinajstić information content (AvgIpc) is 2.63. The van der Waals surface area contributed by atoms with E-state index in [0.717, 1.165) is 12.1 Å². The number of halogens is 3. The van der Waals surface area contributed by atoms with Gasteiger partial charge in [0.05, 0.1) is 0 Å². The molecule has 0 aliphatic heterocycles. The second-order valence-electron chi connectivity index (χ2n) is 5.44. The molecule has 138 valence electrons. The first-order valence-electron chi connectivity index (χ1n) is 7.71. The van der Waals surface area contributed by atoms with Crippen molar-refractivity contribution < 1.29 is 23.1 Å². The molecule has 0 aromatic heterocycles. The average molecular weight is 383 g/mol. The zero-order valence-corrected chi connectivity index (χ0v) is 14.8. The van der Waals surface area contributed by atoms with E-state index in [9.17, 15) is 18.4 Å². The third-order valence-electron chi connectivity index (χ3n) is 3.57. The summed E-state index contributed by atoms with van der Waals surface area (Å²) in [6.07, 6.45) is -0.936. The zero-order chi connectivity index (χ0) is 19.3. The molecule has 0 radical (unpaired) electrons. The van der Waals surface area contributed by atoms with E-state index in [1.165, 1.54) is 20.0 Å². The van der Waals surface area contributed by atoms with Crippen LogP contribution in [0.5, 0.6) is 5.75 Å². The molecule has 8 heteroatoms. The number of amides is 2. The Kier molecular flexibility index (Phi) is 6.52. The molecular weight excluding hydrogens is 366 g/mol. The lowest BCUT2D eigenvalue weighted by molar-refractivity contribution is -0.132. The predicted molar refractivity (Wildman–Crippen MR) is 92.9 cm³/mol. The summed E-state index contributed by atoms with van der Waals surface area (Å²) in [5.74, 6) is -2.92. The first kappa shape index (κ1) is 19.7. The maximum absolute atomic E-state index is 13.5. The fraction of sp³-hybridized carbons (Fsp3) is 0.222. The number of carbonyl (C=O) groups is 2. The van der Waals surface area contributed by atoms with E-state index in [2.05, 4.69) is 10.6 Å². The second kappa shape index (κ2) is 8.62. The normalized spacial score (nSPS) is 12.8. The molecule has 0 aliphatic carbocycles. The van der Waals surface area contributed by atoms with Crippen LogP contribution in [-0.4, -0.2) is 25.0 Å². The van der Waals surface area contributed by atoms with Crippen molar-refractivity contribution in [2.45, 2.75) is 19.1 Å². The molecule has 2 N–H and O–H groups in total. The van der Waals surface area contributed by atoms with E-state index in [4.69, 9.17) is 16.3 Å². The minimum atomic E-state index is -1.20. The van der Waals surface area contributed by atoms with Crippen molar-refractivity contribution in [3.63, 3.8) is 0 Å². The van der Waals surface area contributed by atoms with Gasteiger partial charge in [0.2, 0.25) is 5.91 Å². The van der Waals surface area contributed by atoms with Gasteiger partial charge >= 0.3 is 0 Å². The second-order valence-corrected chi connectivity index (χ2v) is 5.88. The molecule has 2 atom stereocenters. The third kappa shape index (κ3) is 4.92. The van der Waals surface area contributed by atoms with Gasteiger partial charge in [0.25, 0.3) is 5.91 Å². The lowest BCUT2D eigenvalue weighted by Crippen LogP contribution is -2.44. The van der Waals surface area contributed by atoms with Gasteiger partial charge in [-0.05, 0) is 48.9 Å². The molecular formula is C18H17ClF2N2O3. The summed E-state index contributed by atoms with van der Waals surface area (Å²) in [6.45, 7) is 1.50. The minimum Gasteiger partial charge on any atom is -0.481 e. The highest BCUT2D eigenvalue weighted by atomic mass is 35.5. The van der Waals surface area contributed by atoms with Crippen molar-refractivity contribution in [2.24, 2.45) is 0 Å². The third-order valence-corrected chi connectivity index (χ3v) is 3.82. The molecule has 2 amide bonds. The Morgan fingerprint density at radius 3 is 2.27 bits per heavy atom. The van der Waals surface area contributed by atoms with Crippen molar-refractivity contribution in [1.82, 2.24) is 10.6 Å². The highest BCUT2D eigenvalue weighted by molar-refractivity contribution is 6.30. The summed E-state index contributed by atoms with van der Waals surface area (Å²) in [5.41, 5.74) is 0.107. The molecule has 2 aromatic rings. The van der Waals surface area contributed by atoms with Crippen molar-refractivity contribution in [3.05, 3.63) is 64.7 Å². The molecule has 26 heavy (non-hydrogen) atoms. The molecule has 0 bridgehead atoms. The highest BCUT2D eigenvalue weighted by Crippen LogP contribution is 2.19. The van der Waals surface area contributed by atoms with E-state index in [1.807, 2.05) is 0 Å². The van der Waals surface area contributed by atoms with Crippen molar-refractivity contribution in [1.29, 1.82) is 0 Å². The summed E-state index contributed by atoms with van der Waals surface area (Å²) in [4.78, 5) is 24.4. The van der Waals surface area contributed by atoms with Gasteiger partial charge in [-0.3, -0.25) is 9.59 Å². The number of hydrogen-bond acceptors (Lipinski definition) is 3. The fourth-order valence-electron chi connectivity index (χ4n) is 2.17. The van der Waals surface area contributed by atoms with Gasteiger partial charge in [-0.15, -0.1) is 0 Å². The lowest BCUT2D eigenvalue weighted by Gasteiger charge is -2.21. The Morgan fingerprint density at radius 1 is 1.04 bits per heavy atom.